The lowest BCUT2D eigenvalue weighted by atomic mass is 9.77. The third-order valence-electron chi connectivity index (χ3n) is 6.27. The van der Waals surface area contributed by atoms with Gasteiger partial charge >= 0.3 is 6.36 Å². The van der Waals surface area contributed by atoms with Gasteiger partial charge in [-0.25, -0.2) is 8.78 Å². The second kappa shape index (κ2) is 10.5. The molecule has 2 aromatic carbocycles. The Morgan fingerprint density at radius 1 is 0.903 bits per heavy atom. The van der Waals surface area contributed by atoms with Gasteiger partial charge in [0, 0.05) is 0 Å². The highest BCUT2D eigenvalue weighted by Crippen LogP contribution is 2.38. The molecule has 0 bridgehead atoms. The molecular formula is C25H29F5O. The largest absolute Gasteiger partial charge is 0.573 e. The molecule has 0 spiro atoms. The summed E-state index contributed by atoms with van der Waals surface area (Å²) >= 11 is 0. The van der Waals surface area contributed by atoms with Gasteiger partial charge in [0.2, 0.25) is 0 Å². The molecular weight excluding hydrogens is 411 g/mol. The van der Waals surface area contributed by atoms with E-state index in [1.807, 2.05) is 6.07 Å². The first-order valence-electron chi connectivity index (χ1n) is 11.1. The standard InChI is InChI=1S/C25H29F5O/c1-2-3-4-17-5-9-19(10-6-17)21-13-12-20(22(26)16-21)11-7-18-8-14-24(23(27)15-18)31-25(28,29)30/h8,12-17,19H,2-7,9-11H2,1H3. The molecule has 2 aromatic rings. The van der Waals surface area contributed by atoms with Crippen LogP contribution in [0.3, 0.4) is 0 Å². The van der Waals surface area contributed by atoms with Crippen molar-refractivity contribution < 1.29 is 26.7 Å². The van der Waals surface area contributed by atoms with Gasteiger partial charge in [0.15, 0.2) is 11.6 Å². The molecule has 0 aromatic heterocycles. The van der Waals surface area contributed by atoms with E-state index in [4.69, 9.17) is 0 Å². The highest BCUT2D eigenvalue weighted by molar-refractivity contribution is 5.32. The number of alkyl halides is 3. The lowest BCUT2D eigenvalue weighted by Crippen LogP contribution is -2.18. The number of unbranched alkanes of at least 4 members (excludes halogenated alkanes) is 1. The van der Waals surface area contributed by atoms with Gasteiger partial charge in [-0.05, 0) is 85.3 Å². The number of hydrogen-bond donors (Lipinski definition) is 0. The molecule has 0 aliphatic heterocycles. The van der Waals surface area contributed by atoms with Crippen molar-refractivity contribution in [3.05, 3.63) is 64.7 Å². The first-order chi connectivity index (χ1) is 14.7. The SMILES string of the molecule is CCCCC1CCC(c2ccc(CCc3ccc(OC(F)(F)F)c(F)c3)c(F)c2)CC1. The molecule has 0 amide bonds. The van der Waals surface area contributed by atoms with Crippen molar-refractivity contribution in [1.82, 2.24) is 0 Å². The minimum absolute atomic E-state index is 0.275. The van der Waals surface area contributed by atoms with E-state index in [-0.39, 0.29) is 5.82 Å². The van der Waals surface area contributed by atoms with Crippen LogP contribution in [-0.2, 0) is 12.8 Å². The van der Waals surface area contributed by atoms with E-state index < -0.39 is 17.9 Å². The monoisotopic (exact) mass is 440 g/mol. The first-order valence-corrected chi connectivity index (χ1v) is 11.1. The third kappa shape index (κ3) is 6.94. The molecule has 0 atom stereocenters. The molecule has 1 aliphatic rings. The summed E-state index contributed by atoms with van der Waals surface area (Å²) in [6.45, 7) is 2.21. The fraction of sp³-hybridized carbons (Fsp3) is 0.520. The zero-order valence-electron chi connectivity index (χ0n) is 17.8. The van der Waals surface area contributed by atoms with E-state index in [0.29, 0.717) is 29.9 Å². The number of halogens is 5. The minimum atomic E-state index is -4.94. The van der Waals surface area contributed by atoms with Gasteiger partial charge in [0.1, 0.15) is 5.82 Å². The molecule has 0 radical (unpaired) electrons. The summed E-state index contributed by atoms with van der Waals surface area (Å²) in [4.78, 5) is 0. The first kappa shape index (κ1) is 23.6. The number of hydrogen-bond acceptors (Lipinski definition) is 1. The van der Waals surface area contributed by atoms with Crippen molar-refractivity contribution in [2.75, 3.05) is 0 Å². The van der Waals surface area contributed by atoms with Crippen LogP contribution in [0.2, 0.25) is 0 Å². The van der Waals surface area contributed by atoms with Gasteiger partial charge in [0.25, 0.3) is 0 Å². The third-order valence-corrected chi connectivity index (χ3v) is 6.27. The fourth-order valence-electron chi connectivity index (χ4n) is 4.48. The van der Waals surface area contributed by atoms with Crippen LogP contribution in [0.15, 0.2) is 36.4 Å². The molecule has 1 saturated carbocycles. The summed E-state index contributed by atoms with van der Waals surface area (Å²) in [6.07, 6.45) is 4.11. The van der Waals surface area contributed by atoms with Gasteiger partial charge in [-0.15, -0.1) is 13.2 Å². The molecule has 6 heteroatoms. The maximum Gasteiger partial charge on any atom is 0.573 e. The van der Waals surface area contributed by atoms with Crippen LogP contribution < -0.4 is 4.74 Å². The predicted octanol–water partition coefficient (Wildman–Crippen LogP) is 8.11. The van der Waals surface area contributed by atoms with Crippen molar-refractivity contribution >= 4 is 0 Å². The Kier molecular flexibility index (Phi) is 7.95. The highest BCUT2D eigenvalue weighted by Gasteiger charge is 2.32. The topological polar surface area (TPSA) is 9.23 Å². The zero-order valence-corrected chi connectivity index (χ0v) is 17.8. The molecule has 0 saturated heterocycles. The number of benzene rings is 2. The molecule has 0 heterocycles. The maximum absolute atomic E-state index is 14.7. The van der Waals surface area contributed by atoms with Crippen molar-refractivity contribution in [1.29, 1.82) is 0 Å². The molecule has 0 unspecified atom stereocenters. The molecule has 0 N–H and O–H groups in total. The molecule has 31 heavy (non-hydrogen) atoms. The summed E-state index contributed by atoms with van der Waals surface area (Å²) < 4.78 is 68.9. The van der Waals surface area contributed by atoms with Crippen LogP contribution in [0.4, 0.5) is 22.0 Å². The highest BCUT2D eigenvalue weighted by atomic mass is 19.4. The Balaban J connectivity index is 1.56. The van der Waals surface area contributed by atoms with Crippen LogP contribution in [0, 0.1) is 17.6 Å². The van der Waals surface area contributed by atoms with Crippen LogP contribution in [0.5, 0.6) is 5.75 Å². The van der Waals surface area contributed by atoms with E-state index in [2.05, 4.69) is 11.7 Å². The van der Waals surface area contributed by atoms with Crippen molar-refractivity contribution in [3.8, 4) is 5.75 Å². The summed E-state index contributed by atoms with van der Waals surface area (Å²) in [6, 6.07) is 8.71. The van der Waals surface area contributed by atoms with E-state index in [1.165, 1.54) is 38.2 Å². The quantitative estimate of drug-likeness (QED) is 0.377. The van der Waals surface area contributed by atoms with E-state index in [1.54, 1.807) is 12.1 Å². The average molecular weight is 440 g/mol. The Bertz CT molecular complexity index is 853. The zero-order chi connectivity index (χ0) is 22.4. The maximum atomic E-state index is 14.7. The van der Waals surface area contributed by atoms with Gasteiger partial charge in [-0.3, -0.25) is 0 Å². The Morgan fingerprint density at radius 3 is 2.26 bits per heavy atom. The van der Waals surface area contributed by atoms with Gasteiger partial charge in [-0.1, -0.05) is 44.4 Å². The molecule has 1 fully saturated rings. The van der Waals surface area contributed by atoms with E-state index in [0.717, 1.165) is 36.5 Å². The van der Waals surface area contributed by atoms with Gasteiger partial charge in [0.05, 0.1) is 0 Å². The van der Waals surface area contributed by atoms with Crippen LogP contribution in [0.1, 0.15) is 74.5 Å². The Labute approximate surface area is 180 Å². The summed E-state index contributed by atoms with van der Waals surface area (Å²) in [5.74, 6) is -1.02. The number of ether oxygens (including phenoxy) is 1. The number of rotatable bonds is 8. The van der Waals surface area contributed by atoms with Crippen molar-refractivity contribution in [2.45, 2.75) is 77.0 Å². The predicted molar refractivity (Wildman–Crippen MR) is 111 cm³/mol. The molecule has 1 aliphatic carbocycles. The number of aryl methyl sites for hydroxylation is 2. The molecule has 3 rings (SSSR count). The van der Waals surface area contributed by atoms with Crippen molar-refractivity contribution in [2.24, 2.45) is 5.92 Å². The van der Waals surface area contributed by atoms with E-state index >= 15 is 0 Å². The Morgan fingerprint density at radius 2 is 1.65 bits per heavy atom. The smallest absolute Gasteiger partial charge is 0.403 e. The lowest BCUT2D eigenvalue weighted by molar-refractivity contribution is -0.275. The summed E-state index contributed by atoms with van der Waals surface area (Å²) in [7, 11) is 0. The summed E-state index contributed by atoms with van der Waals surface area (Å²) in [5.41, 5.74) is 2.05. The van der Waals surface area contributed by atoms with Crippen molar-refractivity contribution in [3.63, 3.8) is 0 Å². The van der Waals surface area contributed by atoms with E-state index in [9.17, 15) is 22.0 Å². The second-order valence-electron chi connectivity index (χ2n) is 8.52. The summed E-state index contributed by atoms with van der Waals surface area (Å²) in [5, 5.41) is 0. The molecule has 1 nitrogen and oxygen atoms in total. The average Bonchev–Trinajstić information content (AvgIpc) is 2.72. The fourth-order valence-corrected chi connectivity index (χ4v) is 4.48. The Hall–Kier alpha value is -2.11. The minimum Gasteiger partial charge on any atom is -0.403 e. The van der Waals surface area contributed by atoms with Gasteiger partial charge in [-0.2, -0.15) is 0 Å². The van der Waals surface area contributed by atoms with Gasteiger partial charge < -0.3 is 4.74 Å². The molecule has 170 valence electrons. The van der Waals surface area contributed by atoms with Crippen LogP contribution in [-0.4, -0.2) is 6.36 Å². The lowest BCUT2D eigenvalue weighted by Gasteiger charge is -2.29. The normalized spacial score (nSPS) is 19.4. The second-order valence-corrected chi connectivity index (χ2v) is 8.52. The van der Waals surface area contributed by atoms with Crippen LogP contribution >= 0.6 is 0 Å². The van der Waals surface area contributed by atoms with Crippen LogP contribution in [0.25, 0.3) is 0 Å².